The second-order valence-corrected chi connectivity index (χ2v) is 6.31. The predicted octanol–water partition coefficient (Wildman–Crippen LogP) is 2.28. The van der Waals surface area contributed by atoms with E-state index in [1.165, 1.54) is 19.3 Å². The van der Waals surface area contributed by atoms with Gasteiger partial charge in [-0.3, -0.25) is 4.90 Å². The van der Waals surface area contributed by atoms with Crippen molar-refractivity contribution in [1.29, 1.82) is 0 Å². The molecule has 0 spiro atoms. The van der Waals surface area contributed by atoms with Crippen LogP contribution in [0.1, 0.15) is 36.9 Å². The van der Waals surface area contributed by atoms with E-state index in [4.69, 9.17) is 4.52 Å². The highest BCUT2D eigenvalue weighted by Crippen LogP contribution is 2.38. The maximum atomic E-state index is 5.36. The van der Waals surface area contributed by atoms with Gasteiger partial charge < -0.3 is 9.84 Å². The fraction of sp³-hybridized carbons (Fsp3) is 0.562. The van der Waals surface area contributed by atoms with Crippen LogP contribution in [0.5, 0.6) is 0 Å². The SMILES string of the molecule is c1ccc(NCC2CCN(Cc3nc(C4CC4)no3)C2)nc1. The average molecular weight is 299 g/mol. The van der Waals surface area contributed by atoms with Crippen LogP contribution in [0.4, 0.5) is 5.82 Å². The lowest BCUT2D eigenvalue weighted by molar-refractivity contribution is 0.261. The molecule has 2 aromatic rings. The smallest absolute Gasteiger partial charge is 0.240 e. The molecule has 1 aliphatic carbocycles. The molecule has 1 N–H and O–H groups in total. The maximum absolute atomic E-state index is 5.36. The number of aromatic nitrogens is 3. The van der Waals surface area contributed by atoms with Gasteiger partial charge in [0.1, 0.15) is 5.82 Å². The number of hydrogen-bond donors (Lipinski definition) is 1. The molecule has 1 saturated carbocycles. The Hall–Kier alpha value is -1.95. The number of likely N-dealkylation sites (tertiary alicyclic amines) is 1. The van der Waals surface area contributed by atoms with Crippen LogP contribution < -0.4 is 5.32 Å². The third-order valence-corrected chi connectivity index (χ3v) is 4.39. The molecule has 22 heavy (non-hydrogen) atoms. The summed E-state index contributed by atoms with van der Waals surface area (Å²) in [6, 6.07) is 5.94. The first kappa shape index (κ1) is 13.7. The van der Waals surface area contributed by atoms with Gasteiger partial charge in [-0.25, -0.2) is 4.98 Å². The summed E-state index contributed by atoms with van der Waals surface area (Å²) in [5, 5.41) is 7.49. The van der Waals surface area contributed by atoms with Crippen LogP contribution in [-0.2, 0) is 6.54 Å². The average Bonchev–Trinajstić information content (AvgIpc) is 3.14. The number of nitrogens with zero attached hydrogens (tertiary/aromatic N) is 4. The molecule has 1 aliphatic heterocycles. The molecular weight excluding hydrogens is 278 g/mol. The summed E-state index contributed by atoms with van der Waals surface area (Å²) in [4.78, 5) is 11.2. The van der Waals surface area contributed by atoms with Crippen LogP contribution in [0, 0.1) is 5.92 Å². The standard InChI is InChI=1S/C16H21N5O/c1-2-7-17-14(3-1)18-9-12-6-8-21(10-12)11-15-19-16(20-22-15)13-4-5-13/h1-3,7,12-13H,4-6,8-11H2,(H,17,18). The van der Waals surface area contributed by atoms with Gasteiger partial charge in [-0.05, 0) is 43.9 Å². The summed E-state index contributed by atoms with van der Waals surface area (Å²) >= 11 is 0. The summed E-state index contributed by atoms with van der Waals surface area (Å²) < 4.78 is 5.36. The zero-order valence-corrected chi connectivity index (χ0v) is 12.6. The second kappa shape index (κ2) is 6.04. The summed E-state index contributed by atoms with van der Waals surface area (Å²) in [5.74, 6) is 3.83. The summed E-state index contributed by atoms with van der Waals surface area (Å²) in [6.45, 7) is 3.90. The Balaban J connectivity index is 1.25. The molecule has 2 fully saturated rings. The molecule has 3 heterocycles. The van der Waals surface area contributed by atoms with E-state index < -0.39 is 0 Å². The van der Waals surface area contributed by atoms with Crippen LogP contribution >= 0.6 is 0 Å². The molecule has 2 aromatic heterocycles. The van der Waals surface area contributed by atoms with E-state index in [1.54, 1.807) is 0 Å². The van der Waals surface area contributed by atoms with Crippen molar-refractivity contribution < 1.29 is 4.52 Å². The first-order chi connectivity index (χ1) is 10.9. The van der Waals surface area contributed by atoms with Gasteiger partial charge in [0, 0.05) is 25.2 Å². The number of anilines is 1. The highest BCUT2D eigenvalue weighted by Gasteiger charge is 2.29. The number of rotatable bonds is 6. The molecule has 1 atom stereocenters. The van der Waals surface area contributed by atoms with Crippen molar-refractivity contribution in [2.24, 2.45) is 5.92 Å². The van der Waals surface area contributed by atoms with Crippen molar-refractivity contribution in [3.05, 3.63) is 36.1 Å². The molecule has 6 nitrogen and oxygen atoms in total. The van der Waals surface area contributed by atoms with Gasteiger partial charge in [0.05, 0.1) is 6.54 Å². The third kappa shape index (κ3) is 3.27. The number of nitrogens with one attached hydrogen (secondary N) is 1. The van der Waals surface area contributed by atoms with Gasteiger partial charge in [-0.2, -0.15) is 4.98 Å². The van der Waals surface area contributed by atoms with E-state index in [9.17, 15) is 0 Å². The first-order valence-electron chi connectivity index (χ1n) is 8.06. The second-order valence-electron chi connectivity index (χ2n) is 6.31. The van der Waals surface area contributed by atoms with Crippen molar-refractivity contribution in [3.63, 3.8) is 0 Å². The first-order valence-corrected chi connectivity index (χ1v) is 8.06. The van der Waals surface area contributed by atoms with E-state index in [1.807, 2.05) is 24.4 Å². The van der Waals surface area contributed by atoms with E-state index in [2.05, 4.69) is 25.3 Å². The molecule has 2 aliphatic rings. The van der Waals surface area contributed by atoms with Crippen molar-refractivity contribution in [2.75, 3.05) is 25.0 Å². The summed E-state index contributed by atoms with van der Waals surface area (Å²) in [6.07, 6.45) is 5.44. The molecule has 4 rings (SSSR count). The lowest BCUT2D eigenvalue weighted by atomic mass is 10.1. The van der Waals surface area contributed by atoms with Gasteiger partial charge in [0.25, 0.3) is 0 Å². The Bertz CT molecular complexity index is 610. The monoisotopic (exact) mass is 299 g/mol. The molecule has 0 aromatic carbocycles. The molecule has 6 heteroatoms. The molecule has 0 amide bonds. The molecule has 0 bridgehead atoms. The molecule has 116 valence electrons. The van der Waals surface area contributed by atoms with Crippen LogP contribution in [-0.4, -0.2) is 39.7 Å². The summed E-state index contributed by atoms with van der Waals surface area (Å²) in [5.41, 5.74) is 0. The van der Waals surface area contributed by atoms with Gasteiger partial charge >= 0.3 is 0 Å². The van der Waals surface area contributed by atoms with Crippen LogP contribution in [0.3, 0.4) is 0 Å². The Morgan fingerprint density at radius 2 is 2.23 bits per heavy atom. The van der Waals surface area contributed by atoms with E-state index >= 15 is 0 Å². The predicted molar refractivity (Wildman–Crippen MR) is 82.4 cm³/mol. The quantitative estimate of drug-likeness (QED) is 0.882. The Morgan fingerprint density at radius 1 is 1.27 bits per heavy atom. The fourth-order valence-corrected chi connectivity index (χ4v) is 2.97. The van der Waals surface area contributed by atoms with Crippen molar-refractivity contribution in [3.8, 4) is 0 Å². The van der Waals surface area contributed by atoms with E-state index in [0.717, 1.165) is 43.7 Å². The van der Waals surface area contributed by atoms with Crippen LogP contribution in [0.15, 0.2) is 28.9 Å². The van der Waals surface area contributed by atoms with Gasteiger partial charge in [-0.15, -0.1) is 0 Å². The minimum Gasteiger partial charge on any atom is -0.370 e. The third-order valence-electron chi connectivity index (χ3n) is 4.39. The van der Waals surface area contributed by atoms with E-state index in [0.29, 0.717) is 11.8 Å². The Morgan fingerprint density at radius 3 is 3.05 bits per heavy atom. The van der Waals surface area contributed by atoms with Gasteiger partial charge in [-0.1, -0.05) is 11.2 Å². The van der Waals surface area contributed by atoms with Crippen LogP contribution in [0.25, 0.3) is 0 Å². The largest absolute Gasteiger partial charge is 0.370 e. The van der Waals surface area contributed by atoms with Crippen molar-refractivity contribution >= 4 is 5.82 Å². The number of hydrogen-bond acceptors (Lipinski definition) is 6. The normalized spacial score (nSPS) is 22.1. The van der Waals surface area contributed by atoms with Crippen molar-refractivity contribution in [1.82, 2.24) is 20.0 Å². The van der Waals surface area contributed by atoms with E-state index in [-0.39, 0.29) is 0 Å². The molecule has 1 unspecified atom stereocenters. The highest BCUT2D eigenvalue weighted by atomic mass is 16.5. The zero-order valence-electron chi connectivity index (χ0n) is 12.6. The fourth-order valence-electron chi connectivity index (χ4n) is 2.97. The minimum atomic E-state index is 0.561. The van der Waals surface area contributed by atoms with Crippen LogP contribution in [0.2, 0.25) is 0 Å². The maximum Gasteiger partial charge on any atom is 0.240 e. The molecule has 0 radical (unpaired) electrons. The van der Waals surface area contributed by atoms with Gasteiger partial charge in [0.2, 0.25) is 5.89 Å². The lowest BCUT2D eigenvalue weighted by Gasteiger charge is -2.14. The minimum absolute atomic E-state index is 0.561. The Labute approximate surface area is 129 Å². The lowest BCUT2D eigenvalue weighted by Crippen LogP contribution is -2.23. The highest BCUT2D eigenvalue weighted by molar-refractivity contribution is 5.33. The number of pyridine rings is 1. The van der Waals surface area contributed by atoms with Gasteiger partial charge in [0.15, 0.2) is 5.82 Å². The molecular formula is C16H21N5O. The van der Waals surface area contributed by atoms with Crippen molar-refractivity contribution in [2.45, 2.75) is 31.7 Å². The topological polar surface area (TPSA) is 67.1 Å². The Kier molecular flexibility index (Phi) is 3.76. The summed E-state index contributed by atoms with van der Waals surface area (Å²) in [7, 11) is 0. The molecule has 1 saturated heterocycles. The zero-order chi connectivity index (χ0) is 14.8.